The molecule has 0 fully saturated rings. The summed E-state index contributed by atoms with van der Waals surface area (Å²) in [6.45, 7) is 3.48. The van der Waals surface area contributed by atoms with Crippen molar-refractivity contribution in [3.63, 3.8) is 0 Å². The highest BCUT2D eigenvalue weighted by Crippen LogP contribution is 2.17. The van der Waals surface area contributed by atoms with Crippen molar-refractivity contribution >= 4 is 16.6 Å². The number of benzene rings is 1. The predicted molar refractivity (Wildman–Crippen MR) is 67.4 cm³/mol. The van der Waals surface area contributed by atoms with E-state index in [0.717, 1.165) is 10.9 Å². The quantitative estimate of drug-likeness (QED) is 0.791. The molecule has 17 heavy (non-hydrogen) atoms. The first-order valence-corrected chi connectivity index (χ1v) is 5.57. The second-order valence-electron chi connectivity index (χ2n) is 4.17. The summed E-state index contributed by atoms with van der Waals surface area (Å²) in [5, 5.41) is 18.2. The van der Waals surface area contributed by atoms with Crippen molar-refractivity contribution in [3.05, 3.63) is 35.8 Å². The zero-order valence-corrected chi connectivity index (χ0v) is 9.94. The summed E-state index contributed by atoms with van der Waals surface area (Å²) < 4.78 is 0. The first-order chi connectivity index (χ1) is 8.08. The molecule has 0 radical (unpaired) electrons. The third kappa shape index (κ3) is 2.47. The fourth-order valence-corrected chi connectivity index (χ4v) is 1.81. The molecule has 2 aromatic rings. The zero-order chi connectivity index (χ0) is 12.4. The molecule has 0 saturated heterocycles. The second-order valence-corrected chi connectivity index (χ2v) is 4.17. The van der Waals surface area contributed by atoms with Crippen molar-refractivity contribution in [1.29, 1.82) is 5.41 Å². The highest BCUT2D eigenvalue weighted by atomic mass is 16.3. The predicted octanol–water partition coefficient (Wildman–Crippen LogP) is 2.08. The molecule has 0 saturated carbocycles. The Morgan fingerprint density at radius 3 is 2.76 bits per heavy atom. The Morgan fingerprint density at radius 2 is 2.06 bits per heavy atom. The number of nitrogens with zero attached hydrogens (tertiary/aromatic N) is 2. The average Bonchev–Trinajstić information content (AvgIpc) is 2.26. The lowest BCUT2D eigenvalue weighted by Crippen LogP contribution is -2.12. The lowest BCUT2D eigenvalue weighted by molar-refractivity contribution is 0.203. The monoisotopic (exact) mass is 229 g/mol. The van der Waals surface area contributed by atoms with Gasteiger partial charge in [0.05, 0.1) is 23.0 Å². The molecule has 1 atom stereocenters. The standard InChI is InChI=1S/C13H15N3O/c1-8(17)7-11(14)13-10-5-3-4-6-12(10)15-9(2)16-13/h3-6,8,14,17H,7H2,1-2H3/t8-/m0/s1. The molecule has 0 unspecified atom stereocenters. The molecule has 0 aliphatic heterocycles. The average molecular weight is 229 g/mol. The third-order valence-corrected chi connectivity index (χ3v) is 2.50. The fraction of sp³-hybridized carbons (Fsp3) is 0.308. The summed E-state index contributed by atoms with van der Waals surface area (Å²) >= 11 is 0. The van der Waals surface area contributed by atoms with Crippen molar-refractivity contribution in [3.8, 4) is 0 Å². The maximum atomic E-state index is 9.34. The fourth-order valence-electron chi connectivity index (χ4n) is 1.81. The molecule has 4 heteroatoms. The van der Waals surface area contributed by atoms with Crippen LogP contribution in [0.2, 0.25) is 0 Å². The van der Waals surface area contributed by atoms with Crippen LogP contribution in [-0.2, 0) is 0 Å². The van der Waals surface area contributed by atoms with Gasteiger partial charge < -0.3 is 10.5 Å². The van der Waals surface area contributed by atoms with Crippen LogP contribution in [0.1, 0.15) is 24.9 Å². The Bertz CT molecular complexity index is 564. The molecule has 0 spiro atoms. The number of rotatable bonds is 3. The molecular weight excluding hydrogens is 214 g/mol. The summed E-state index contributed by atoms with van der Waals surface area (Å²) in [5.41, 5.74) is 1.81. The number of hydrogen-bond acceptors (Lipinski definition) is 4. The van der Waals surface area contributed by atoms with Crippen LogP contribution in [0, 0.1) is 12.3 Å². The number of fused-ring (bicyclic) bond motifs is 1. The van der Waals surface area contributed by atoms with E-state index in [-0.39, 0.29) is 0 Å². The minimum atomic E-state index is -0.531. The van der Waals surface area contributed by atoms with Gasteiger partial charge >= 0.3 is 0 Å². The van der Waals surface area contributed by atoms with Gasteiger partial charge in [0.1, 0.15) is 5.82 Å². The van der Waals surface area contributed by atoms with Gasteiger partial charge in [-0.3, -0.25) is 0 Å². The van der Waals surface area contributed by atoms with E-state index >= 15 is 0 Å². The van der Waals surface area contributed by atoms with E-state index in [1.54, 1.807) is 6.92 Å². The van der Waals surface area contributed by atoms with Crippen LogP contribution < -0.4 is 0 Å². The summed E-state index contributed by atoms with van der Waals surface area (Å²) in [7, 11) is 0. The van der Waals surface area contributed by atoms with Gasteiger partial charge in [0, 0.05) is 11.8 Å². The van der Waals surface area contributed by atoms with Crippen LogP contribution in [-0.4, -0.2) is 26.9 Å². The van der Waals surface area contributed by atoms with Crippen molar-refractivity contribution < 1.29 is 5.11 Å². The lowest BCUT2D eigenvalue weighted by Gasteiger charge is -2.09. The Labute approximate surface area is 99.9 Å². The Morgan fingerprint density at radius 1 is 1.35 bits per heavy atom. The van der Waals surface area contributed by atoms with Crippen LogP contribution in [0.4, 0.5) is 0 Å². The maximum Gasteiger partial charge on any atom is 0.126 e. The van der Waals surface area contributed by atoms with Crippen LogP contribution in [0.25, 0.3) is 10.9 Å². The number of nitrogens with one attached hydrogen (secondary N) is 1. The van der Waals surface area contributed by atoms with Gasteiger partial charge in [-0.15, -0.1) is 0 Å². The maximum absolute atomic E-state index is 9.34. The number of aliphatic hydroxyl groups is 1. The summed E-state index contributed by atoms with van der Waals surface area (Å²) in [4.78, 5) is 8.64. The normalized spacial score (nSPS) is 12.6. The molecule has 0 bridgehead atoms. The van der Waals surface area contributed by atoms with E-state index in [0.29, 0.717) is 23.7 Å². The number of aryl methyl sites for hydroxylation is 1. The first-order valence-electron chi connectivity index (χ1n) is 5.57. The van der Waals surface area contributed by atoms with E-state index in [1.165, 1.54) is 0 Å². The topological polar surface area (TPSA) is 69.9 Å². The molecule has 2 N–H and O–H groups in total. The molecule has 1 aromatic carbocycles. The van der Waals surface area contributed by atoms with E-state index in [4.69, 9.17) is 5.41 Å². The minimum Gasteiger partial charge on any atom is -0.393 e. The minimum absolute atomic E-state index is 0.306. The van der Waals surface area contributed by atoms with Gasteiger partial charge in [-0.1, -0.05) is 18.2 Å². The van der Waals surface area contributed by atoms with Gasteiger partial charge in [0.2, 0.25) is 0 Å². The van der Waals surface area contributed by atoms with Crippen molar-refractivity contribution in [1.82, 2.24) is 9.97 Å². The van der Waals surface area contributed by atoms with E-state index in [2.05, 4.69) is 9.97 Å². The molecule has 1 aromatic heterocycles. The largest absolute Gasteiger partial charge is 0.393 e. The van der Waals surface area contributed by atoms with Gasteiger partial charge in [-0.25, -0.2) is 9.97 Å². The van der Waals surface area contributed by atoms with Crippen LogP contribution in [0.15, 0.2) is 24.3 Å². The van der Waals surface area contributed by atoms with Crippen LogP contribution in [0.5, 0.6) is 0 Å². The van der Waals surface area contributed by atoms with Gasteiger partial charge in [0.25, 0.3) is 0 Å². The number of aliphatic hydroxyl groups excluding tert-OH is 1. The molecule has 4 nitrogen and oxygen atoms in total. The molecule has 88 valence electrons. The van der Waals surface area contributed by atoms with E-state index < -0.39 is 6.10 Å². The van der Waals surface area contributed by atoms with Crippen molar-refractivity contribution in [2.75, 3.05) is 0 Å². The first kappa shape index (κ1) is 11.7. The summed E-state index contributed by atoms with van der Waals surface area (Å²) in [6, 6.07) is 7.63. The SMILES string of the molecule is Cc1nc(C(=N)C[C@H](C)O)c2ccccc2n1. The molecule has 2 rings (SSSR count). The molecule has 0 amide bonds. The smallest absolute Gasteiger partial charge is 0.126 e. The number of hydrogen-bond donors (Lipinski definition) is 2. The highest BCUT2D eigenvalue weighted by Gasteiger charge is 2.12. The highest BCUT2D eigenvalue weighted by molar-refractivity contribution is 6.06. The second kappa shape index (κ2) is 4.59. The van der Waals surface area contributed by atoms with Crippen LogP contribution in [0.3, 0.4) is 0 Å². The Kier molecular flexibility index (Phi) is 3.15. The molecule has 0 aliphatic rings. The summed E-state index contributed by atoms with van der Waals surface area (Å²) in [6.07, 6.45) is -0.225. The zero-order valence-electron chi connectivity index (χ0n) is 9.94. The van der Waals surface area contributed by atoms with Crippen molar-refractivity contribution in [2.24, 2.45) is 0 Å². The van der Waals surface area contributed by atoms with Gasteiger partial charge in [-0.05, 0) is 19.9 Å². The lowest BCUT2D eigenvalue weighted by atomic mass is 10.1. The van der Waals surface area contributed by atoms with Crippen molar-refractivity contribution in [2.45, 2.75) is 26.4 Å². The summed E-state index contributed by atoms with van der Waals surface area (Å²) in [5.74, 6) is 0.647. The number of aromatic nitrogens is 2. The third-order valence-electron chi connectivity index (χ3n) is 2.50. The van der Waals surface area contributed by atoms with E-state index in [9.17, 15) is 5.11 Å². The van der Waals surface area contributed by atoms with Gasteiger partial charge in [0.15, 0.2) is 0 Å². The number of para-hydroxylation sites is 1. The molecule has 0 aliphatic carbocycles. The van der Waals surface area contributed by atoms with Gasteiger partial charge in [-0.2, -0.15) is 0 Å². The van der Waals surface area contributed by atoms with E-state index in [1.807, 2.05) is 31.2 Å². The van der Waals surface area contributed by atoms with Crippen LogP contribution >= 0.6 is 0 Å². The molecular formula is C13H15N3O. The molecule has 1 heterocycles. The Balaban J connectivity index is 2.56. The Hall–Kier alpha value is -1.81.